The van der Waals surface area contributed by atoms with Crippen molar-refractivity contribution in [2.24, 2.45) is 0 Å². The molecule has 5 heteroatoms. The summed E-state index contributed by atoms with van der Waals surface area (Å²) < 4.78 is 16.7. The van der Waals surface area contributed by atoms with Gasteiger partial charge in [0.1, 0.15) is 19.0 Å². The molecule has 0 aliphatic carbocycles. The van der Waals surface area contributed by atoms with E-state index in [9.17, 15) is 0 Å². The number of furan rings is 1. The van der Waals surface area contributed by atoms with Gasteiger partial charge < -0.3 is 19.2 Å². The van der Waals surface area contributed by atoms with Crippen molar-refractivity contribution in [3.63, 3.8) is 0 Å². The average molecular weight is 305 g/mol. The van der Waals surface area contributed by atoms with E-state index in [1.54, 1.807) is 18.0 Å². The number of thioether (sulfide) groups is 1. The molecular weight excluding hydrogens is 286 g/mol. The van der Waals surface area contributed by atoms with Crippen LogP contribution in [0.5, 0.6) is 11.5 Å². The van der Waals surface area contributed by atoms with Crippen molar-refractivity contribution in [2.75, 3.05) is 19.5 Å². The Morgan fingerprint density at radius 1 is 1.24 bits per heavy atom. The van der Waals surface area contributed by atoms with Crippen LogP contribution in [0.3, 0.4) is 0 Å². The molecule has 21 heavy (non-hydrogen) atoms. The zero-order valence-electron chi connectivity index (χ0n) is 12.2. The van der Waals surface area contributed by atoms with E-state index >= 15 is 0 Å². The summed E-state index contributed by atoms with van der Waals surface area (Å²) in [4.78, 5) is 1.21. The van der Waals surface area contributed by atoms with Crippen molar-refractivity contribution in [3.05, 3.63) is 41.9 Å². The van der Waals surface area contributed by atoms with E-state index in [0.717, 1.165) is 23.8 Å². The number of hydrogen-bond donors (Lipinski definition) is 1. The third kappa shape index (κ3) is 3.19. The fraction of sp³-hybridized carbons (Fsp3) is 0.375. The molecule has 1 aliphatic heterocycles. The van der Waals surface area contributed by atoms with Gasteiger partial charge in [0.2, 0.25) is 0 Å². The van der Waals surface area contributed by atoms with Crippen molar-refractivity contribution < 1.29 is 13.9 Å². The predicted octanol–water partition coefficient (Wildman–Crippen LogP) is 3.62. The predicted molar refractivity (Wildman–Crippen MR) is 83.2 cm³/mol. The molecule has 0 fully saturated rings. The van der Waals surface area contributed by atoms with Crippen LogP contribution in [-0.2, 0) is 6.54 Å². The molecule has 1 aromatic carbocycles. The second-order valence-corrected chi connectivity index (χ2v) is 5.77. The van der Waals surface area contributed by atoms with Crippen molar-refractivity contribution in [2.45, 2.75) is 24.4 Å². The van der Waals surface area contributed by atoms with Gasteiger partial charge in [0.05, 0.1) is 12.3 Å². The maximum absolute atomic E-state index is 5.66. The number of ether oxygens (including phenoxy) is 2. The lowest BCUT2D eigenvalue weighted by Crippen LogP contribution is -2.19. The van der Waals surface area contributed by atoms with Crippen LogP contribution in [-0.4, -0.2) is 19.5 Å². The summed E-state index contributed by atoms with van der Waals surface area (Å²) in [7, 11) is 0. The number of rotatable bonds is 5. The van der Waals surface area contributed by atoms with Crippen LogP contribution in [0.2, 0.25) is 0 Å². The van der Waals surface area contributed by atoms with Crippen molar-refractivity contribution in [1.82, 2.24) is 5.32 Å². The average Bonchev–Trinajstić information content (AvgIpc) is 3.06. The van der Waals surface area contributed by atoms with E-state index in [0.29, 0.717) is 13.2 Å². The monoisotopic (exact) mass is 305 g/mol. The highest BCUT2D eigenvalue weighted by molar-refractivity contribution is 7.98. The Hall–Kier alpha value is -1.59. The summed E-state index contributed by atoms with van der Waals surface area (Å²) in [6, 6.07) is 8.19. The molecule has 0 saturated heterocycles. The van der Waals surface area contributed by atoms with Gasteiger partial charge >= 0.3 is 0 Å². The topological polar surface area (TPSA) is 43.6 Å². The van der Waals surface area contributed by atoms with Crippen LogP contribution in [0.25, 0.3) is 0 Å². The Morgan fingerprint density at radius 3 is 2.67 bits per heavy atom. The summed E-state index contributed by atoms with van der Waals surface area (Å²) in [5, 5.41) is 3.48. The third-order valence-corrected chi connectivity index (χ3v) is 4.33. The normalized spacial score (nSPS) is 15.0. The zero-order valence-corrected chi connectivity index (χ0v) is 13.0. The van der Waals surface area contributed by atoms with Crippen LogP contribution < -0.4 is 14.8 Å². The summed E-state index contributed by atoms with van der Waals surface area (Å²) >= 11 is 1.72. The van der Waals surface area contributed by atoms with Crippen LogP contribution in [0, 0.1) is 0 Å². The lowest BCUT2D eigenvalue weighted by atomic mass is 10.1. The van der Waals surface area contributed by atoms with E-state index in [2.05, 4.69) is 30.6 Å². The van der Waals surface area contributed by atoms with E-state index in [4.69, 9.17) is 13.9 Å². The van der Waals surface area contributed by atoms with Gasteiger partial charge in [-0.25, -0.2) is 0 Å². The molecule has 2 aromatic rings. The molecule has 0 spiro atoms. The van der Waals surface area contributed by atoms with Gasteiger partial charge in [-0.05, 0) is 43.0 Å². The molecule has 1 N–H and O–H groups in total. The second-order valence-electron chi connectivity index (χ2n) is 4.93. The smallest absolute Gasteiger partial charge is 0.162 e. The van der Waals surface area contributed by atoms with Crippen LogP contribution in [0.4, 0.5) is 0 Å². The molecule has 0 bridgehead atoms. The first-order valence-electron chi connectivity index (χ1n) is 7.01. The molecule has 3 rings (SSSR count). The molecule has 112 valence electrons. The molecule has 1 aromatic heterocycles. The summed E-state index contributed by atoms with van der Waals surface area (Å²) in [5.74, 6) is 2.62. The Bertz CT molecular complexity index is 598. The van der Waals surface area contributed by atoms with Crippen molar-refractivity contribution >= 4 is 11.8 Å². The van der Waals surface area contributed by atoms with Crippen LogP contribution in [0.1, 0.15) is 24.3 Å². The first-order chi connectivity index (χ1) is 10.3. The highest BCUT2D eigenvalue weighted by Crippen LogP contribution is 2.36. The van der Waals surface area contributed by atoms with E-state index in [1.807, 2.05) is 12.1 Å². The minimum Gasteiger partial charge on any atom is -0.486 e. The third-order valence-electron chi connectivity index (χ3n) is 3.51. The Morgan fingerprint density at radius 2 is 2.00 bits per heavy atom. The molecular formula is C16H19NO3S. The molecule has 0 saturated carbocycles. The lowest BCUT2D eigenvalue weighted by Gasteiger charge is -2.21. The molecule has 1 aliphatic rings. The zero-order chi connectivity index (χ0) is 14.7. The maximum atomic E-state index is 5.66. The second kappa shape index (κ2) is 6.45. The van der Waals surface area contributed by atoms with Gasteiger partial charge in [0, 0.05) is 11.4 Å². The van der Waals surface area contributed by atoms with Crippen LogP contribution >= 0.6 is 11.8 Å². The lowest BCUT2D eigenvalue weighted by molar-refractivity contribution is 0.171. The van der Waals surface area contributed by atoms with Gasteiger partial charge in [-0.15, -0.1) is 11.8 Å². The quantitative estimate of drug-likeness (QED) is 0.855. The first kappa shape index (κ1) is 14.4. The molecule has 0 unspecified atom stereocenters. The number of nitrogens with one attached hydrogen (secondary N) is 1. The standard InChI is InChI=1S/C16H19NO3S/c1-11(13-4-3-5-18-13)17-10-12-8-14-15(9-16(12)21-2)20-7-6-19-14/h3-5,8-9,11,17H,6-7,10H2,1-2H3/t11-/m1/s1. The minimum absolute atomic E-state index is 0.169. The van der Waals surface area contributed by atoms with Crippen LogP contribution in [0.15, 0.2) is 39.8 Å². The van der Waals surface area contributed by atoms with Crippen molar-refractivity contribution in [1.29, 1.82) is 0 Å². The Labute approximate surface area is 128 Å². The van der Waals surface area contributed by atoms with Gasteiger partial charge in [0.15, 0.2) is 11.5 Å². The van der Waals surface area contributed by atoms with E-state index in [-0.39, 0.29) is 6.04 Å². The molecule has 0 amide bonds. The van der Waals surface area contributed by atoms with E-state index < -0.39 is 0 Å². The highest BCUT2D eigenvalue weighted by Gasteiger charge is 2.16. The number of fused-ring (bicyclic) bond motifs is 1. The number of benzene rings is 1. The molecule has 2 heterocycles. The highest BCUT2D eigenvalue weighted by atomic mass is 32.2. The summed E-state index contributed by atoms with van der Waals surface area (Å²) in [6.07, 6.45) is 3.77. The fourth-order valence-electron chi connectivity index (χ4n) is 2.34. The van der Waals surface area contributed by atoms with Gasteiger partial charge in [-0.2, -0.15) is 0 Å². The summed E-state index contributed by atoms with van der Waals surface area (Å²) in [5.41, 5.74) is 1.21. The molecule has 4 nitrogen and oxygen atoms in total. The minimum atomic E-state index is 0.169. The Kier molecular flexibility index (Phi) is 4.41. The largest absolute Gasteiger partial charge is 0.486 e. The number of hydrogen-bond acceptors (Lipinski definition) is 5. The van der Waals surface area contributed by atoms with Gasteiger partial charge in [-0.1, -0.05) is 0 Å². The van der Waals surface area contributed by atoms with Crippen molar-refractivity contribution in [3.8, 4) is 11.5 Å². The Balaban J connectivity index is 1.75. The molecule has 1 atom stereocenters. The van der Waals surface area contributed by atoms with Gasteiger partial charge in [0.25, 0.3) is 0 Å². The fourth-order valence-corrected chi connectivity index (χ4v) is 2.96. The SMILES string of the molecule is CSc1cc2c(cc1CN[C@H](C)c1ccco1)OCCO2. The van der Waals surface area contributed by atoms with E-state index in [1.165, 1.54) is 10.5 Å². The van der Waals surface area contributed by atoms with Gasteiger partial charge in [-0.3, -0.25) is 0 Å². The maximum Gasteiger partial charge on any atom is 0.162 e. The summed E-state index contributed by atoms with van der Waals surface area (Å²) in [6.45, 7) is 4.08. The molecule has 0 radical (unpaired) electrons. The first-order valence-corrected chi connectivity index (χ1v) is 8.23.